The number of para-hydroxylation sites is 1. The van der Waals surface area contributed by atoms with Gasteiger partial charge in [0.25, 0.3) is 15.9 Å². The van der Waals surface area contributed by atoms with Crippen LogP contribution in [0.2, 0.25) is 0 Å². The third-order valence-electron chi connectivity index (χ3n) is 4.49. The third kappa shape index (κ3) is 5.83. The van der Waals surface area contributed by atoms with E-state index in [-0.39, 0.29) is 10.8 Å². The number of nitrogens with zero attached hydrogens (tertiary/aromatic N) is 1. The highest BCUT2D eigenvalue weighted by Crippen LogP contribution is 2.24. The predicted molar refractivity (Wildman–Crippen MR) is 114 cm³/mol. The van der Waals surface area contributed by atoms with Gasteiger partial charge in [-0.1, -0.05) is 51.3 Å². The van der Waals surface area contributed by atoms with Crippen LogP contribution in [0.1, 0.15) is 56.3 Å². The SMILES string of the molecule is CCCCCCNC(=O)c1ccc(S(=O)(=O)N(CCC)c2ccccc2)cc1. The molecule has 0 heterocycles. The lowest BCUT2D eigenvalue weighted by Crippen LogP contribution is -2.31. The van der Waals surface area contributed by atoms with Crippen molar-refractivity contribution in [2.45, 2.75) is 50.8 Å². The predicted octanol–water partition coefficient (Wildman–Crippen LogP) is 4.60. The molecule has 152 valence electrons. The van der Waals surface area contributed by atoms with Crippen LogP contribution in [-0.4, -0.2) is 27.4 Å². The Morgan fingerprint density at radius 1 is 0.893 bits per heavy atom. The number of carbonyl (C=O) groups is 1. The molecule has 0 saturated heterocycles. The second-order valence-corrected chi connectivity index (χ2v) is 8.62. The zero-order valence-corrected chi connectivity index (χ0v) is 17.5. The lowest BCUT2D eigenvalue weighted by atomic mass is 10.2. The van der Waals surface area contributed by atoms with Gasteiger partial charge < -0.3 is 5.32 Å². The van der Waals surface area contributed by atoms with Crippen molar-refractivity contribution in [1.82, 2.24) is 5.32 Å². The fraction of sp³-hybridized carbons (Fsp3) is 0.409. The van der Waals surface area contributed by atoms with E-state index in [1.807, 2.05) is 25.1 Å². The van der Waals surface area contributed by atoms with Crippen molar-refractivity contribution >= 4 is 21.6 Å². The zero-order valence-electron chi connectivity index (χ0n) is 16.7. The molecule has 0 atom stereocenters. The van der Waals surface area contributed by atoms with Crippen molar-refractivity contribution in [2.75, 3.05) is 17.4 Å². The number of unbranched alkanes of at least 4 members (excludes halogenated alkanes) is 3. The highest BCUT2D eigenvalue weighted by molar-refractivity contribution is 7.92. The number of amides is 1. The highest BCUT2D eigenvalue weighted by atomic mass is 32.2. The Kier molecular flexibility index (Phi) is 8.51. The van der Waals surface area contributed by atoms with E-state index in [0.717, 1.165) is 25.7 Å². The summed E-state index contributed by atoms with van der Waals surface area (Å²) in [6, 6.07) is 15.2. The minimum absolute atomic E-state index is 0.172. The summed E-state index contributed by atoms with van der Waals surface area (Å²) in [5.41, 5.74) is 1.11. The molecule has 0 fully saturated rings. The average Bonchev–Trinajstić information content (AvgIpc) is 2.72. The summed E-state index contributed by atoms with van der Waals surface area (Å²) < 4.78 is 27.6. The van der Waals surface area contributed by atoms with E-state index >= 15 is 0 Å². The van der Waals surface area contributed by atoms with Crippen molar-refractivity contribution in [3.05, 3.63) is 60.2 Å². The molecule has 0 aliphatic heterocycles. The molecule has 2 aromatic rings. The van der Waals surface area contributed by atoms with E-state index in [9.17, 15) is 13.2 Å². The maximum atomic E-state index is 13.1. The Bertz CT molecular complexity index is 834. The molecule has 0 saturated carbocycles. The first kappa shape index (κ1) is 22.0. The van der Waals surface area contributed by atoms with Crippen molar-refractivity contribution in [1.29, 1.82) is 0 Å². The van der Waals surface area contributed by atoms with Gasteiger partial charge in [0.15, 0.2) is 0 Å². The van der Waals surface area contributed by atoms with Gasteiger partial charge in [0.1, 0.15) is 0 Å². The third-order valence-corrected chi connectivity index (χ3v) is 6.33. The second kappa shape index (κ2) is 10.9. The van der Waals surface area contributed by atoms with E-state index in [0.29, 0.717) is 30.8 Å². The minimum atomic E-state index is -3.68. The highest BCUT2D eigenvalue weighted by Gasteiger charge is 2.24. The van der Waals surface area contributed by atoms with Gasteiger partial charge in [-0.2, -0.15) is 0 Å². The minimum Gasteiger partial charge on any atom is -0.352 e. The number of nitrogens with one attached hydrogen (secondary N) is 1. The van der Waals surface area contributed by atoms with Gasteiger partial charge in [-0.3, -0.25) is 9.10 Å². The summed E-state index contributed by atoms with van der Waals surface area (Å²) in [5.74, 6) is -0.172. The first-order valence-electron chi connectivity index (χ1n) is 9.96. The molecule has 1 amide bonds. The van der Waals surface area contributed by atoms with E-state index in [1.165, 1.54) is 16.4 Å². The molecule has 5 nitrogen and oxygen atoms in total. The number of benzene rings is 2. The van der Waals surface area contributed by atoms with Crippen LogP contribution >= 0.6 is 0 Å². The molecule has 1 N–H and O–H groups in total. The van der Waals surface area contributed by atoms with Crippen molar-refractivity contribution in [2.24, 2.45) is 0 Å². The number of carbonyl (C=O) groups excluding carboxylic acids is 1. The normalized spacial score (nSPS) is 11.2. The first-order chi connectivity index (χ1) is 13.5. The van der Waals surface area contributed by atoms with Gasteiger partial charge >= 0.3 is 0 Å². The van der Waals surface area contributed by atoms with Crippen LogP contribution in [0.5, 0.6) is 0 Å². The molecule has 0 bridgehead atoms. The standard InChI is InChI=1S/C22H30N2O3S/c1-3-5-6-10-17-23-22(25)19-13-15-21(16-14-19)28(26,27)24(18-4-2)20-11-8-7-9-12-20/h7-9,11-16H,3-6,10,17-18H2,1-2H3,(H,23,25). The summed E-state index contributed by atoms with van der Waals surface area (Å²) in [5, 5.41) is 2.89. The van der Waals surface area contributed by atoms with Gasteiger partial charge in [0, 0.05) is 18.7 Å². The van der Waals surface area contributed by atoms with Crippen LogP contribution in [-0.2, 0) is 10.0 Å². The van der Waals surface area contributed by atoms with Gasteiger partial charge in [0.2, 0.25) is 0 Å². The lowest BCUT2D eigenvalue weighted by molar-refractivity contribution is 0.0953. The number of anilines is 1. The van der Waals surface area contributed by atoms with Gasteiger partial charge in [-0.25, -0.2) is 8.42 Å². The van der Waals surface area contributed by atoms with Gasteiger partial charge in [-0.05, 0) is 49.2 Å². The van der Waals surface area contributed by atoms with E-state index in [4.69, 9.17) is 0 Å². The van der Waals surface area contributed by atoms with Crippen LogP contribution in [0.15, 0.2) is 59.5 Å². The smallest absolute Gasteiger partial charge is 0.264 e. The molecule has 28 heavy (non-hydrogen) atoms. The molecule has 0 aliphatic rings. The number of sulfonamides is 1. The molecule has 2 rings (SSSR count). The maximum absolute atomic E-state index is 13.1. The molecule has 0 spiro atoms. The molecule has 0 aromatic heterocycles. The summed E-state index contributed by atoms with van der Waals surface area (Å²) in [6.07, 6.45) is 5.07. The Morgan fingerprint density at radius 3 is 2.18 bits per heavy atom. The van der Waals surface area contributed by atoms with E-state index in [2.05, 4.69) is 12.2 Å². The summed E-state index contributed by atoms with van der Waals surface area (Å²) >= 11 is 0. The number of rotatable bonds is 11. The zero-order chi connectivity index (χ0) is 20.4. The number of hydrogen-bond acceptors (Lipinski definition) is 3. The quantitative estimate of drug-likeness (QED) is 0.559. The molecule has 0 aliphatic carbocycles. The Hall–Kier alpha value is -2.34. The van der Waals surface area contributed by atoms with E-state index < -0.39 is 10.0 Å². The molecular weight excluding hydrogens is 372 g/mol. The molecule has 2 aromatic carbocycles. The first-order valence-corrected chi connectivity index (χ1v) is 11.4. The van der Waals surface area contributed by atoms with Crippen molar-refractivity contribution in [3.63, 3.8) is 0 Å². The van der Waals surface area contributed by atoms with Crippen LogP contribution in [0.3, 0.4) is 0 Å². The Labute approximate surface area is 168 Å². The molecule has 0 radical (unpaired) electrons. The van der Waals surface area contributed by atoms with Crippen LogP contribution in [0.25, 0.3) is 0 Å². The number of hydrogen-bond donors (Lipinski definition) is 1. The molecule has 0 unspecified atom stereocenters. The summed E-state index contributed by atoms with van der Waals surface area (Å²) in [4.78, 5) is 12.4. The topological polar surface area (TPSA) is 66.5 Å². The average molecular weight is 403 g/mol. The summed E-state index contributed by atoms with van der Waals surface area (Å²) in [6.45, 7) is 5.12. The Morgan fingerprint density at radius 2 is 1.57 bits per heavy atom. The van der Waals surface area contributed by atoms with Crippen LogP contribution in [0, 0.1) is 0 Å². The monoisotopic (exact) mass is 402 g/mol. The molecule has 6 heteroatoms. The van der Waals surface area contributed by atoms with Crippen LogP contribution in [0.4, 0.5) is 5.69 Å². The van der Waals surface area contributed by atoms with Gasteiger partial charge in [0.05, 0.1) is 10.6 Å². The van der Waals surface area contributed by atoms with Crippen molar-refractivity contribution < 1.29 is 13.2 Å². The van der Waals surface area contributed by atoms with Crippen molar-refractivity contribution in [3.8, 4) is 0 Å². The Balaban J connectivity index is 2.11. The van der Waals surface area contributed by atoms with Gasteiger partial charge in [-0.15, -0.1) is 0 Å². The lowest BCUT2D eigenvalue weighted by Gasteiger charge is -2.24. The fourth-order valence-electron chi connectivity index (χ4n) is 2.95. The largest absolute Gasteiger partial charge is 0.352 e. The molecular formula is C22H30N2O3S. The van der Waals surface area contributed by atoms with Crippen LogP contribution < -0.4 is 9.62 Å². The second-order valence-electron chi connectivity index (χ2n) is 6.75. The maximum Gasteiger partial charge on any atom is 0.264 e. The summed E-state index contributed by atoms with van der Waals surface area (Å²) in [7, 11) is -3.68. The fourth-order valence-corrected chi connectivity index (χ4v) is 4.50. The van der Waals surface area contributed by atoms with E-state index in [1.54, 1.807) is 24.3 Å².